The van der Waals surface area contributed by atoms with Crippen molar-refractivity contribution in [3.63, 3.8) is 0 Å². The molecule has 0 amide bonds. The number of hydrogen-bond donors (Lipinski definition) is 0. The van der Waals surface area contributed by atoms with Gasteiger partial charge in [-0.05, 0) is 49.4 Å². The monoisotopic (exact) mass is 434 g/mol. The van der Waals surface area contributed by atoms with Crippen LogP contribution in [0.4, 0.5) is 4.39 Å². The van der Waals surface area contributed by atoms with Crippen LogP contribution in [0, 0.1) is 5.82 Å². The minimum atomic E-state index is -0.384. The van der Waals surface area contributed by atoms with E-state index in [2.05, 4.69) is 15.2 Å². The van der Waals surface area contributed by atoms with Crippen LogP contribution in [0.5, 0.6) is 5.75 Å². The smallest absolute Gasteiger partial charge is 0.196 e. The van der Waals surface area contributed by atoms with E-state index >= 15 is 0 Å². The number of aromatic nitrogens is 4. The Hall–Kier alpha value is -3.52. The maximum Gasteiger partial charge on any atom is 0.196 e. The number of thioether (sulfide) groups is 1. The molecule has 0 radical (unpaired) electrons. The topological polar surface area (TPSA) is 69.9 Å². The second-order valence-electron chi connectivity index (χ2n) is 6.71. The average molecular weight is 434 g/mol. The first-order chi connectivity index (χ1) is 15.1. The highest BCUT2D eigenvalue weighted by Crippen LogP contribution is 2.33. The average Bonchev–Trinajstić information content (AvgIpc) is 3.22. The van der Waals surface area contributed by atoms with Gasteiger partial charge in [-0.15, -0.1) is 10.2 Å². The van der Waals surface area contributed by atoms with E-state index in [-0.39, 0.29) is 11.6 Å². The first kappa shape index (κ1) is 20.7. The van der Waals surface area contributed by atoms with Gasteiger partial charge in [0.25, 0.3) is 0 Å². The van der Waals surface area contributed by atoms with Gasteiger partial charge in [-0.3, -0.25) is 14.3 Å². The zero-order valence-electron chi connectivity index (χ0n) is 16.9. The lowest BCUT2D eigenvalue weighted by molar-refractivity contribution is 0.101. The molecule has 156 valence electrons. The van der Waals surface area contributed by atoms with Crippen LogP contribution in [0.3, 0.4) is 0 Å². The Bertz CT molecular complexity index is 1230. The Morgan fingerprint density at radius 2 is 1.97 bits per heavy atom. The number of pyridine rings is 1. The number of nitrogens with zero attached hydrogens (tertiary/aromatic N) is 4. The van der Waals surface area contributed by atoms with Gasteiger partial charge in [-0.1, -0.05) is 23.9 Å². The summed E-state index contributed by atoms with van der Waals surface area (Å²) >= 11 is 1.38. The van der Waals surface area contributed by atoms with Crippen molar-refractivity contribution < 1.29 is 13.9 Å². The third kappa shape index (κ3) is 4.34. The molecule has 2 aromatic heterocycles. The molecular weight excluding hydrogens is 415 g/mol. The molecule has 0 unspecified atom stereocenters. The van der Waals surface area contributed by atoms with Gasteiger partial charge in [-0.25, -0.2) is 4.39 Å². The van der Waals surface area contributed by atoms with Crippen molar-refractivity contribution >= 4 is 17.5 Å². The van der Waals surface area contributed by atoms with Gasteiger partial charge in [0.15, 0.2) is 16.8 Å². The molecule has 2 heterocycles. The van der Waals surface area contributed by atoms with E-state index in [4.69, 9.17) is 4.74 Å². The molecule has 4 rings (SSSR count). The number of methoxy groups -OCH3 is 1. The summed E-state index contributed by atoms with van der Waals surface area (Å²) in [6.07, 6.45) is 3.33. The second-order valence-corrected chi connectivity index (χ2v) is 7.65. The molecule has 0 saturated carbocycles. The molecule has 31 heavy (non-hydrogen) atoms. The summed E-state index contributed by atoms with van der Waals surface area (Å²) in [5.74, 6) is 1.21. The van der Waals surface area contributed by atoms with Gasteiger partial charge in [-0.2, -0.15) is 0 Å². The Labute approximate surface area is 183 Å². The Morgan fingerprint density at radius 3 is 2.68 bits per heavy atom. The van der Waals surface area contributed by atoms with Crippen molar-refractivity contribution in [2.45, 2.75) is 17.8 Å². The lowest BCUT2D eigenvalue weighted by Crippen LogP contribution is -2.03. The van der Waals surface area contributed by atoms with Gasteiger partial charge < -0.3 is 4.74 Å². The summed E-state index contributed by atoms with van der Waals surface area (Å²) in [6, 6.07) is 15.4. The highest BCUT2D eigenvalue weighted by atomic mass is 32.2. The number of ether oxygens (including phenoxy) is 1. The second kappa shape index (κ2) is 9.09. The Morgan fingerprint density at radius 1 is 1.13 bits per heavy atom. The van der Waals surface area contributed by atoms with E-state index < -0.39 is 0 Å². The summed E-state index contributed by atoms with van der Waals surface area (Å²) < 4.78 is 21.8. The number of para-hydroxylation sites is 1. The molecule has 0 atom stereocenters. The van der Waals surface area contributed by atoms with Crippen LogP contribution in [0.25, 0.3) is 17.1 Å². The van der Waals surface area contributed by atoms with Crippen LogP contribution in [-0.2, 0) is 5.75 Å². The molecule has 6 nitrogen and oxygen atoms in total. The minimum Gasteiger partial charge on any atom is -0.496 e. The van der Waals surface area contributed by atoms with Gasteiger partial charge >= 0.3 is 0 Å². The molecule has 4 aromatic rings. The number of hydrogen-bond acceptors (Lipinski definition) is 6. The number of rotatable bonds is 7. The van der Waals surface area contributed by atoms with E-state index in [1.165, 1.54) is 24.8 Å². The van der Waals surface area contributed by atoms with Gasteiger partial charge in [0.2, 0.25) is 0 Å². The van der Waals surface area contributed by atoms with Gasteiger partial charge in [0.1, 0.15) is 11.6 Å². The molecule has 0 aliphatic carbocycles. The van der Waals surface area contributed by atoms with Crippen molar-refractivity contribution in [2.75, 3.05) is 7.11 Å². The first-order valence-corrected chi connectivity index (χ1v) is 10.5. The summed E-state index contributed by atoms with van der Waals surface area (Å²) in [7, 11) is 1.58. The minimum absolute atomic E-state index is 0.0257. The number of Topliss-reactive ketones (excluding diaryl/α,β-unsaturated/α-hetero) is 1. The molecule has 0 fully saturated rings. The van der Waals surface area contributed by atoms with Crippen LogP contribution in [-0.4, -0.2) is 32.6 Å². The Balaban J connectivity index is 1.75. The molecule has 0 saturated heterocycles. The van der Waals surface area contributed by atoms with Crippen molar-refractivity contribution in [1.29, 1.82) is 0 Å². The summed E-state index contributed by atoms with van der Waals surface area (Å²) in [6.45, 7) is 1.52. The quantitative estimate of drug-likeness (QED) is 0.302. The highest BCUT2D eigenvalue weighted by Gasteiger charge is 2.19. The summed E-state index contributed by atoms with van der Waals surface area (Å²) in [4.78, 5) is 15.9. The number of halogens is 1. The van der Waals surface area contributed by atoms with E-state index in [0.717, 1.165) is 11.1 Å². The van der Waals surface area contributed by atoms with Crippen LogP contribution in [0.2, 0.25) is 0 Å². The van der Waals surface area contributed by atoms with Crippen LogP contribution < -0.4 is 4.74 Å². The van der Waals surface area contributed by atoms with E-state index in [1.807, 2.05) is 6.07 Å². The molecule has 0 aliphatic heterocycles. The SMILES string of the molecule is COc1ccc(C(C)=O)cc1CSc1nnc(-c2cccnc2)n1-c1ccccc1F. The van der Waals surface area contributed by atoms with Crippen LogP contribution in [0.15, 0.2) is 72.1 Å². The molecule has 0 spiro atoms. The molecule has 0 N–H and O–H groups in total. The predicted molar refractivity (Wildman–Crippen MR) is 117 cm³/mol. The number of ketones is 1. The molecule has 0 aliphatic rings. The lowest BCUT2D eigenvalue weighted by Gasteiger charge is -2.12. The summed E-state index contributed by atoms with van der Waals surface area (Å²) in [5, 5.41) is 9.13. The standard InChI is InChI=1S/C23H19FN4O2S/c1-15(29)16-9-10-21(30-2)18(12-16)14-31-23-27-26-22(17-6-5-11-25-13-17)28(23)20-8-4-3-7-19(20)24/h3-13H,14H2,1-2H3. The van der Waals surface area contributed by atoms with Crippen molar-refractivity contribution in [2.24, 2.45) is 0 Å². The fourth-order valence-corrected chi connectivity index (χ4v) is 4.07. The molecular formula is C23H19FN4O2S. The van der Waals surface area contributed by atoms with Crippen molar-refractivity contribution in [1.82, 2.24) is 19.7 Å². The van der Waals surface area contributed by atoms with E-state index in [0.29, 0.717) is 33.7 Å². The Kier molecular flexibility index (Phi) is 6.08. The zero-order valence-corrected chi connectivity index (χ0v) is 17.8. The maximum absolute atomic E-state index is 14.7. The van der Waals surface area contributed by atoms with Gasteiger partial charge in [0, 0.05) is 34.8 Å². The molecule has 2 aromatic carbocycles. The van der Waals surface area contributed by atoms with Crippen molar-refractivity contribution in [3.8, 4) is 22.8 Å². The summed E-state index contributed by atoms with van der Waals surface area (Å²) in [5.41, 5.74) is 2.51. The zero-order chi connectivity index (χ0) is 21.8. The van der Waals surface area contributed by atoms with Crippen LogP contribution >= 0.6 is 11.8 Å². The first-order valence-electron chi connectivity index (χ1n) is 9.50. The normalized spacial score (nSPS) is 10.8. The fourth-order valence-electron chi connectivity index (χ4n) is 3.15. The van der Waals surface area contributed by atoms with Gasteiger partial charge in [0.05, 0.1) is 12.8 Å². The third-order valence-corrected chi connectivity index (χ3v) is 5.67. The third-order valence-electron chi connectivity index (χ3n) is 4.69. The largest absolute Gasteiger partial charge is 0.496 e. The van der Waals surface area contributed by atoms with Crippen molar-refractivity contribution in [3.05, 3.63) is 83.9 Å². The van der Waals surface area contributed by atoms with E-state index in [9.17, 15) is 9.18 Å². The molecule has 0 bridgehead atoms. The van der Waals surface area contributed by atoms with E-state index in [1.54, 1.807) is 66.5 Å². The number of carbonyl (C=O) groups excluding carboxylic acids is 1. The predicted octanol–water partition coefficient (Wildman–Crippen LogP) is 4.97. The van der Waals surface area contributed by atoms with Crippen LogP contribution in [0.1, 0.15) is 22.8 Å². The fraction of sp³-hybridized carbons (Fsp3) is 0.130. The lowest BCUT2D eigenvalue weighted by atomic mass is 10.1. The number of benzene rings is 2. The highest BCUT2D eigenvalue weighted by molar-refractivity contribution is 7.98. The maximum atomic E-state index is 14.7. The molecule has 8 heteroatoms. The number of carbonyl (C=O) groups is 1.